The minimum Gasteiger partial charge on any atom is -0.358 e. The summed E-state index contributed by atoms with van der Waals surface area (Å²) in [5, 5.41) is 9.94. The number of fused-ring (bicyclic) bond motifs is 3. The van der Waals surface area contributed by atoms with Gasteiger partial charge in [0.1, 0.15) is 17.5 Å². The first-order valence-electron chi connectivity index (χ1n) is 9.01. The van der Waals surface area contributed by atoms with E-state index in [2.05, 4.69) is 39.6 Å². The summed E-state index contributed by atoms with van der Waals surface area (Å²) in [6, 6.07) is 22.8. The van der Waals surface area contributed by atoms with E-state index in [1.807, 2.05) is 36.4 Å². The molecule has 0 spiro atoms. The number of anilines is 1. The molecule has 0 unspecified atom stereocenters. The predicted molar refractivity (Wildman–Crippen MR) is 104 cm³/mol. The van der Waals surface area contributed by atoms with E-state index in [-0.39, 0.29) is 0 Å². The molecule has 0 bridgehead atoms. The third-order valence-corrected chi connectivity index (χ3v) is 5.18. The number of para-hydroxylation sites is 2. The van der Waals surface area contributed by atoms with Gasteiger partial charge in [0.25, 0.3) is 0 Å². The molecule has 2 aromatic carbocycles. The summed E-state index contributed by atoms with van der Waals surface area (Å²) in [7, 11) is 0. The number of hydrogen-bond donors (Lipinski definition) is 0. The van der Waals surface area contributed by atoms with Crippen molar-refractivity contribution in [1.29, 1.82) is 5.26 Å². The van der Waals surface area contributed by atoms with E-state index in [4.69, 9.17) is 4.98 Å². The summed E-state index contributed by atoms with van der Waals surface area (Å²) in [5.41, 5.74) is 5.37. The third-order valence-electron chi connectivity index (χ3n) is 5.18. The second-order valence-corrected chi connectivity index (χ2v) is 6.72. The molecule has 4 nitrogen and oxygen atoms in total. The molecule has 0 N–H and O–H groups in total. The van der Waals surface area contributed by atoms with Crippen LogP contribution in [0.15, 0.2) is 60.7 Å². The number of nitriles is 1. The Morgan fingerprint density at radius 1 is 0.923 bits per heavy atom. The first-order chi connectivity index (χ1) is 12.9. The maximum absolute atomic E-state index is 9.94. The van der Waals surface area contributed by atoms with Gasteiger partial charge < -0.3 is 4.90 Å². The van der Waals surface area contributed by atoms with Crippen LogP contribution >= 0.6 is 0 Å². The maximum atomic E-state index is 9.94. The molecule has 1 fully saturated rings. The summed E-state index contributed by atoms with van der Waals surface area (Å²) in [6.07, 6.45) is 2.41. The molecule has 3 heterocycles. The molecule has 0 saturated carbocycles. The van der Waals surface area contributed by atoms with Gasteiger partial charge in [0, 0.05) is 18.7 Å². The highest BCUT2D eigenvalue weighted by Gasteiger charge is 2.22. The first kappa shape index (κ1) is 15.0. The lowest BCUT2D eigenvalue weighted by molar-refractivity contribution is 0.925. The summed E-state index contributed by atoms with van der Waals surface area (Å²) < 4.78 is 2.16. The molecule has 0 amide bonds. The van der Waals surface area contributed by atoms with Crippen LogP contribution in [0.4, 0.5) is 5.82 Å². The SMILES string of the molecule is N#Cc1c(-c2ccccc2)cc(N2CCCC2)n2c1nc1ccccc12. The Morgan fingerprint density at radius 3 is 2.42 bits per heavy atom. The van der Waals surface area contributed by atoms with Crippen LogP contribution in [0.25, 0.3) is 27.8 Å². The predicted octanol–water partition coefficient (Wildman–Crippen LogP) is 4.63. The fourth-order valence-electron chi connectivity index (χ4n) is 3.95. The Hall–Kier alpha value is -3.32. The number of rotatable bonds is 2. The fourth-order valence-corrected chi connectivity index (χ4v) is 3.95. The standard InChI is InChI=1S/C22H18N4/c23-15-18-17(16-8-2-1-3-9-16)14-21(25-12-6-7-13-25)26-20-11-5-4-10-19(20)24-22(18)26/h1-5,8-11,14H,6-7,12-13H2. The van der Waals surface area contributed by atoms with Gasteiger partial charge in [-0.25, -0.2) is 4.98 Å². The molecule has 0 radical (unpaired) electrons. The van der Waals surface area contributed by atoms with Crippen molar-refractivity contribution in [3.63, 3.8) is 0 Å². The second kappa shape index (κ2) is 5.89. The van der Waals surface area contributed by atoms with Gasteiger partial charge in [-0.1, -0.05) is 42.5 Å². The van der Waals surface area contributed by atoms with Crippen molar-refractivity contribution in [1.82, 2.24) is 9.38 Å². The summed E-state index contributed by atoms with van der Waals surface area (Å²) in [6.45, 7) is 2.09. The van der Waals surface area contributed by atoms with E-state index in [0.29, 0.717) is 5.56 Å². The topological polar surface area (TPSA) is 44.3 Å². The molecule has 126 valence electrons. The van der Waals surface area contributed by atoms with Crippen LogP contribution in [0, 0.1) is 11.3 Å². The molecule has 2 aromatic heterocycles. The summed E-state index contributed by atoms with van der Waals surface area (Å²) in [4.78, 5) is 7.23. The van der Waals surface area contributed by atoms with Crippen LogP contribution in [0.5, 0.6) is 0 Å². The molecule has 0 aliphatic carbocycles. The molecule has 4 heteroatoms. The zero-order valence-corrected chi connectivity index (χ0v) is 14.4. The van der Waals surface area contributed by atoms with Gasteiger partial charge in [0.05, 0.1) is 11.0 Å². The van der Waals surface area contributed by atoms with Gasteiger partial charge >= 0.3 is 0 Å². The van der Waals surface area contributed by atoms with Gasteiger partial charge in [-0.3, -0.25) is 4.40 Å². The Morgan fingerprint density at radius 2 is 1.65 bits per heavy atom. The number of benzene rings is 2. The van der Waals surface area contributed by atoms with Gasteiger partial charge in [0.2, 0.25) is 0 Å². The van der Waals surface area contributed by atoms with Crippen molar-refractivity contribution >= 4 is 22.5 Å². The van der Waals surface area contributed by atoms with Gasteiger partial charge in [-0.15, -0.1) is 0 Å². The largest absolute Gasteiger partial charge is 0.358 e. The van der Waals surface area contributed by atoms with Crippen LogP contribution in [-0.4, -0.2) is 22.5 Å². The second-order valence-electron chi connectivity index (χ2n) is 6.72. The van der Waals surface area contributed by atoms with Crippen molar-refractivity contribution in [2.75, 3.05) is 18.0 Å². The highest BCUT2D eigenvalue weighted by molar-refractivity contribution is 5.89. The Bertz CT molecular complexity index is 1150. The monoisotopic (exact) mass is 338 g/mol. The maximum Gasteiger partial charge on any atom is 0.158 e. The average Bonchev–Trinajstić information content (AvgIpc) is 3.35. The molecule has 0 atom stereocenters. The van der Waals surface area contributed by atoms with Gasteiger partial charge in [-0.2, -0.15) is 5.26 Å². The smallest absolute Gasteiger partial charge is 0.158 e. The van der Waals surface area contributed by atoms with Crippen molar-refractivity contribution in [2.24, 2.45) is 0 Å². The first-order valence-corrected chi connectivity index (χ1v) is 9.01. The zero-order chi connectivity index (χ0) is 17.5. The lowest BCUT2D eigenvalue weighted by Gasteiger charge is -2.21. The molecule has 1 aliphatic rings. The number of nitrogens with zero attached hydrogens (tertiary/aromatic N) is 4. The molecule has 5 rings (SSSR count). The van der Waals surface area contributed by atoms with E-state index in [9.17, 15) is 5.26 Å². The lowest BCUT2D eigenvalue weighted by atomic mass is 10.0. The minimum absolute atomic E-state index is 0.635. The van der Waals surface area contributed by atoms with E-state index in [0.717, 1.165) is 46.7 Å². The molecular formula is C22H18N4. The highest BCUT2D eigenvalue weighted by atomic mass is 15.2. The fraction of sp³-hybridized carbons (Fsp3) is 0.182. The number of imidazole rings is 1. The van der Waals surface area contributed by atoms with Crippen LogP contribution in [0.1, 0.15) is 18.4 Å². The van der Waals surface area contributed by atoms with Crippen LogP contribution < -0.4 is 4.90 Å². The van der Waals surface area contributed by atoms with Crippen LogP contribution in [0.2, 0.25) is 0 Å². The summed E-state index contributed by atoms with van der Waals surface area (Å²) >= 11 is 0. The average molecular weight is 338 g/mol. The Balaban J connectivity index is 1.92. The molecule has 4 aromatic rings. The van der Waals surface area contributed by atoms with E-state index >= 15 is 0 Å². The molecule has 26 heavy (non-hydrogen) atoms. The van der Waals surface area contributed by atoms with E-state index < -0.39 is 0 Å². The molecular weight excluding hydrogens is 320 g/mol. The normalized spacial score (nSPS) is 14.2. The number of aromatic nitrogens is 2. The van der Waals surface area contributed by atoms with Crippen molar-refractivity contribution in [3.05, 3.63) is 66.2 Å². The minimum atomic E-state index is 0.635. The third kappa shape index (κ3) is 2.18. The number of pyridine rings is 1. The Kier molecular flexibility index (Phi) is 3.39. The lowest BCUT2D eigenvalue weighted by Crippen LogP contribution is -2.21. The number of hydrogen-bond acceptors (Lipinski definition) is 3. The molecule has 1 saturated heterocycles. The van der Waals surface area contributed by atoms with Crippen molar-refractivity contribution in [3.8, 4) is 17.2 Å². The van der Waals surface area contributed by atoms with Gasteiger partial charge in [-0.05, 0) is 36.6 Å². The van der Waals surface area contributed by atoms with E-state index in [1.54, 1.807) is 0 Å². The molecule has 1 aliphatic heterocycles. The zero-order valence-electron chi connectivity index (χ0n) is 14.4. The van der Waals surface area contributed by atoms with Crippen molar-refractivity contribution in [2.45, 2.75) is 12.8 Å². The van der Waals surface area contributed by atoms with Crippen LogP contribution in [0.3, 0.4) is 0 Å². The summed E-state index contributed by atoms with van der Waals surface area (Å²) in [5.74, 6) is 1.13. The van der Waals surface area contributed by atoms with Crippen molar-refractivity contribution < 1.29 is 0 Å². The van der Waals surface area contributed by atoms with Crippen LogP contribution in [-0.2, 0) is 0 Å². The highest BCUT2D eigenvalue weighted by Crippen LogP contribution is 2.35. The van der Waals surface area contributed by atoms with Gasteiger partial charge in [0.15, 0.2) is 5.65 Å². The van der Waals surface area contributed by atoms with E-state index in [1.165, 1.54) is 12.8 Å². The quantitative estimate of drug-likeness (QED) is 0.535. The Labute approximate surface area is 151 Å².